The number of nitrogens with zero attached hydrogens (tertiary/aromatic N) is 1. The Morgan fingerprint density at radius 2 is 1.67 bits per heavy atom. The third kappa shape index (κ3) is 6.70. The average molecular weight is 530 g/mol. The van der Waals surface area contributed by atoms with Crippen molar-refractivity contribution in [2.75, 3.05) is 6.54 Å². The summed E-state index contributed by atoms with van der Waals surface area (Å²) in [5, 5.41) is 10.3. The topological polar surface area (TPSA) is 66.8 Å². The Balaban J connectivity index is 1.70. The van der Waals surface area contributed by atoms with E-state index in [9.17, 15) is 19.1 Å². The van der Waals surface area contributed by atoms with Crippen molar-refractivity contribution in [2.45, 2.75) is 65.8 Å². The quantitative estimate of drug-likeness (QED) is 0.236. The predicted octanol–water partition coefficient (Wildman–Crippen LogP) is 7.14. The van der Waals surface area contributed by atoms with Gasteiger partial charge >= 0.3 is 5.97 Å². The maximum Gasteiger partial charge on any atom is 0.337 e. The van der Waals surface area contributed by atoms with Crippen LogP contribution in [0.25, 0.3) is 12.2 Å². The van der Waals surface area contributed by atoms with E-state index in [4.69, 9.17) is 4.74 Å². The Bertz CT molecular complexity index is 1410. The number of hydrogen-bond acceptors (Lipinski definition) is 4. The first kappa shape index (κ1) is 28.4. The number of carbonyl (C=O) groups is 2. The second-order valence-corrected chi connectivity index (χ2v) is 11.1. The normalized spacial score (nSPS) is 14.5. The average Bonchev–Trinajstić information content (AvgIpc) is 3.32. The summed E-state index contributed by atoms with van der Waals surface area (Å²) in [5.74, 6) is -1.55. The maximum absolute atomic E-state index is 13.6. The fraction of sp³-hybridized carbons (Fsp3) is 0.333. The standard InChI is InChI=1S/C33H36FNO4/c1-21-26(15-14-23-10-7-6-8-11-23)30(31(32(37)38)39-33(3,4)5)22(2)28-20-35(19-27(21)28)17-16-29(36)24-12-9-13-25(34)18-24/h6-15,18,31H,16-17,19-20H2,1-5H3,(H,37,38)/b15-14-/t31-/m0/s1. The Hall–Kier alpha value is -3.61. The summed E-state index contributed by atoms with van der Waals surface area (Å²) in [6, 6.07) is 15.7. The van der Waals surface area contributed by atoms with Gasteiger partial charge in [-0.3, -0.25) is 9.69 Å². The fourth-order valence-corrected chi connectivity index (χ4v) is 5.22. The molecular weight excluding hydrogens is 493 g/mol. The minimum Gasteiger partial charge on any atom is -0.479 e. The zero-order valence-corrected chi connectivity index (χ0v) is 23.3. The van der Waals surface area contributed by atoms with Crippen LogP contribution in [0.5, 0.6) is 0 Å². The molecule has 4 rings (SSSR count). The molecule has 1 heterocycles. The number of Topliss-reactive ketones (excluding diaryl/α,β-unsaturated/α-hetero) is 1. The summed E-state index contributed by atoms with van der Waals surface area (Å²) in [5.41, 5.74) is 6.40. The molecule has 0 amide bonds. The SMILES string of the molecule is Cc1c(/C=C\c2ccccc2)c([C@H](OC(C)(C)C)C(=O)O)c(C)c2c1CN(CCC(=O)c1cccc(F)c1)C2. The number of benzene rings is 3. The van der Waals surface area contributed by atoms with Gasteiger partial charge in [-0.2, -0.15) is 0 Å². The summed E-state index contributed by atoms with van der Waals surface area (Å²) in [6.45, 7) is 11.4. The molecule has 39 heavy (non-hydrogen) atoms. The molecule has 0 aromatic heterocycles. The van der Waals surface area contributed by atoms with Gasteiger partial charge in [0, 0.05) is 37.2 Å². The molecule has 6 heteroatoms. The van der Waals surface area contributed by atoms with E-state index in [1.807, 2.05) is 77.1 Å². The van der Waals surface area contributed by atoms with E-state index in [1.165, 1.54) is 12.1 Å². The first-order valence-corrected chi connectivity index (χ1v) is 13.2. The van der Waals surface area contributed by atoms with E-state index in [-0.39, 0.29) is 12.2 Å². The number of aliphatic carboxylic acids is 1. The van der Waals surface area contributed by atoms with E-state index in [0.717, 1.165) is 33.4 Å². The van der Waals surface area contributed by atoms with Crippen LogP contribution in [-0.2, 0) is 22.6 Å². The molecule has 3 aromatic carbocycles. The van der Waals surface area contributed by atoms with Crippen molar-refractivity contribution < 1.29 is 23.8 Å². The Morgan fingerprint density at radius 1 is 1.00 bits per heavy atom. The highest BCUT2D eigenvalue weighted by atomic mass is 19.1. The molecule has 0 bridgehead atoms. The number of hydrogen-bond donors (Lipinski definition) is 1. The molecule has 1 aliphatic rings. The van der Waals surface area contributed by atoms with Crippen LogP contribution >= 0.6 is 0 Å². The minimum absolute atomic E-state index is 0.101. The van der Waals surface area contributed by atoms with Crippen LogP contribution in [0.3, 0.4) is 0 Å². The van der Waals surface area contributed by atoms with Gasteiger partial charge in [0.2, 0.25) is 0 Å². The zero-order valence-electron chi connectivity index (χ0n) is 23.3. The molecule has 0 aliphatic carbocycles. The van der Waals surface area contributed by atoms with Crippen LogP contribution in [0.15, 0.2) is 54.6 Å². The molecule has 0 saturated carbocycles. The number of ether oxygens (including phenoxy) is 1. The molecule has 0 saturated heterocycles. The number of carboxylic acids is 1. The Labute approximate surface area is 229 Å². The number of ketones is 1. The molecule has 0 unspecified atom stereocenters. The lowest BCUT2D eigenvalue weighted by Crippen LogP contribution is -2.29. The molecular formula is C33H36FNO4. The van der Waals surface area contributed by atoms with Crippen LogP contribution in [-0.4, -0.2) is 33.9 Å². The van der Waals surface area contributed by atoms with E-state index in [0.29, 0.717) is 30.8 Å². The summed E-state index contributed by atoms with van der Waals surface area (Å²) < 4.78 is 19.7. The molecule has 0 fully saturated rings. The number of fused-ring (bicyclic) bond motifs is 1. The molecule has 5 nitrogen and oxygen atoms in total. The first-order chi connectivity index (χ1) is 18.4. The molecule has 1 aliphatic heterocycles. The lowest BCUT2D eigenvalue weighted by Gasteiger charge is -2.29. The van der Waals surface area contributed by atoms with E-state index in [1.54, 1.807) is 12.1 Å². The molecule has 204 valence electrons. The van der Waals surface area contributed by atoms with Crippen LogP contribution in [0, 0.1) is 19.7 Å². The first-order valence-electron chi connectivity index (χ1n) is 13.2. The minimum atomic E-state index is -1.13. The van der Waals surface area contributed by atoms with Crippen molar-refractivity contribution in [3.05, 3.63) is 105 Å². The van der Waals surface area contributed by atoms with Crippen LogP contribution < -0.4 is 0 Å². The van der Waals surface area contributed by atoms with Crippen molar-refractivity contribution in [1.29, 1.82) is 0 Å². The summed E-state index contributed by atoms with van der Waals surface area (Å²) >= 11 is 0. The van der Waals surface area contributed by atoms with Crippen LogP contribution in [0.4, 0.5) is 4.39 Å². The van der Waals surface area contributed by atoms with Crippen molar-refractivity contribution in [1.82, 2.24) is 4.90 Å². The van der Waals surface area contributed by atoms with E-state index >= 15 is 0 Å². The monoisotopic (exact) mass is 529 g/mol. The molecule has 0 radical (unpaired) electrons. The summed E-state index contributed by atoms with van der Waals surface area (Å²) in [6.07, 6.45) is 3.13. The highest BCUT2D eigenvalue weighted by molar-refractivity contribution is 5.96. The van der Waals surface area contributed by atoms with Gasteiger partial charge in [0.25, 0.3) is 0 Å². The van der Waals surface area contributed by atoms with Crippen molar-refractivity contribution in [3.63, 3.8) is 0 Å². The van der Waals surface area contributed by atoms with Crippen molar-refractivity contribution >= 4 is 23.9 Å². The lowest BCUT2D eigenvalue weighted by atomic mass is 9.85. The van der Waals surface area contributed by atoms with Gasteiger partial charge in [0.15, 0.2) is 11.9 Å². The van der Waals surface area contributed by atoms with Gasteiger partial charge in [-0.05, 0) is 80.1 Å². The number of rotatable bonds is 9. The third-order valence-corrected chi connectivity index (χ3v) is 7.13. The molecule has 1 N–H and O–H groups in total. The van der Waals surface area contributed by atoms with Crippen LogP contribution in [0.2, 0.25) is 0 Å². The van der Waals surface area contributed by atoms with Gasteiger partial charge in [0.05, 0.1) is 5.60 Å². The summed E-state index contributed by atoms with van der Waals surface area (Å²) in [7, 11) is 0. The molecule has 1 atom stereocenters. The van der Waals surface area contributed by atoms with E-state index in [2.05, 4.69) is 4.90 Å². The molecule has 0 spiro atoms. The zero-order chi connectivity index (χ0) is 28.3. The largest absolute Gasteiger partial charge is 0.479 e. The second kappa shape index (κ2) is 11.6. The van der Waals surface area contributed by atoms with Gasteiger partial charge in [-0.15, -0.1) is 0 Å². The fourth-order valence-electron chi connectivity index (χ4n) is 5.22. The summed E-state index contributed by atoms with van der Waals surface area (Å²) in [4.78, 5) is 27.4. The van der Waals surface area contributed by atoms with Gasteiger partial charge < -0.3 is 9.84 Å². The third-order valence-electron chi connectivity index (χ3n) is 7.13. The maximum atomic E-state index is 13.6. The number of carboxylic acid groups (broad SMARTS) is 1. The lowest BCUT2D eigenvalue weighted by molar-refractivity contribution is -0.160. The number of carbonyl (C=O) groups excluding carboxylic acids is 1. The number of halogens is 1. The van der Waals surface area contributed by atoms with Crippen molar-refractivity contribution in [3.8, 4) is 0 Å². The van der Waals surface area contributed by atoms with Crippen LogP contribution in [0.1, 0.15) is 82.6 Å². The van der Waals surface area contributed by atoms with Gasteiger partial charge in [-0.1, -0.05) is 54.6 Å². The highest BCUT2D eigenvalue weighted by Crippen LogP contribution is 2.40. The second-order valence-electron chi connectivity index (χ2n) is 11.1. The Kier molecular flexibility index (Phi) is 8.48. The molecule has 3 aromatic rings. The Morgan fingerprint density at radius 3 is 2.28 bits per heavy atom. The van der Waals surface area contributed by atoms with Crippen molar-refractivity contribution in [2.24, 2.45) is 0 Å². The smallest absolute Gasteiger partial charge is 0.337 e. The predicted molar refractivity (Wildman–Crippen MR) is 152 cm³/mol. The van der Waals surface area contributed by atoms with E-state index < -0.39 is 23.5 Å². The highest BCUT2D eigenvalue weighted by Gasteiger charge is 2.34. The van der Waals surface area contributed by atoms with Gasteiger partial charge in [0.1, 0.15) is 5.82 Å². The van der Waals surface area contributed by atoms with Gasteiger partial charge in [-0.25, -0.2) is 9.18 Å².